The van der Waals surface area contributed by atoms with Crippen LogP contribution < -0.4 is 5.32 Å². The van der Waals surface area contributed by atoms with Crippen LogP contribution in [0.3, 0.4) is 0 Å². The number of nitrogens with one attached hydrogen (secondary N) is 1. The highest BCUT2D eigenvalue weighted by Gasteiger charge is 2.23. The van der Waals surface area contributed by atoms with Gasteiger partial charge in [0, 0.05) is 43.0 Å². The minimum atomic E-state index is -3.69. The Labute approximate surface area is 193 Å². The molecular formula is C21H27ClN4O3S2. The fourth-order valence-electron chi connectivity index (χ4n) is 3.23. The molecule has 0 aliphatic carbocycles. The molecule has 2 heterocycles. The third-order valence-corrected chi connectivity index (χ3v) is 7.74. The molecule has 0 saturated carbocycles. The average Bonchev–Trinajstić information content (AvgIpc) is 3.14. The highest BCUT2D eigenvalue weighted by atomic mass is 35.5. The lowest BCUT2D eigenvalue weighted by molar-refractivity contribution is 0.102. The maximum Gasteiger partial charge on any atom is 0.257 e. The van der Waals surface area contributed by atoms with E-state index in [1.54, 1.807) is 0 Å². The van der Waals surface area contributed by atoms with Gasteiger partial charge in [0.2, 0.25) is 10.0 Å². The molecule has 0 unspecified atom stereocenters. The Kier molecular flexibility index (Phi) is 8.96. The molecule has 1 aromatic heterocycles. The fourth-order valence-corrected chi connectivity index (χ4v) is 5.65. The molecule has 31 heavy (non-hydrogen) atoms. The Morgan fingerprint density at radius 3 is 2.48 bits per heavy atom. The fraction of sp³-hybridized carbons (Fsp3) is 0.333. The predicted molar refractivity (Wildman–Crippen MR) is 128 cm³/mol. The number of nitrogens with zero attached hydrogens (tertiary/aromatic N) is 3. The standard InChI is InChI=1S/C21H26N4O3S2.ClH/c1-4-12-25(13-5-2)30(27,28)17-9-7-16(8-10-17)20(26)23-21-22-18-11-14-24(6-3)15-19(18)29-21;/h4-5,7-10H,1-2,6,11-15H2,3H3,(H,22,23,26);1H. The second-order valence-corrected chi connectivity index (χ2v) is 9.91. The van der Waals surface area contributed by atoms with Gasteiger partial charge in [0.15, 0.2) is 5.13 Å². The van der Waals surface area contributed by atoms with Crippen LogP contribution in [0.4, 0.5) is 5.13 Å². The van der Waals surface area contributed by atoms with Crippen LogP contribution >= 0.6 is 23.7 Å². The molecule has 0 fully saturated rings. The largest absolute Gasteiger partial charge is 0.298 e. The number of likely N-dealkylation sites (N-methyl/N-ethyl adjacent to an activating group) is 1. The number of sulfonamides is 1. The first-order chi connectivity index (χ1) is 14.4. The Morgan fingerprint density at radius 1 is 1.26 bits per heavy atom. The monoisotopic (exact) mass is 482 g/mol. The molecule has 0 radical (unpaired) electrons. The van der Waals surface area contributed by atoms with Crippen molar-refractivity contribution in [3.63, 3.8) is 0 Å². The van der Waals surface area contributed by atoms with Gasteiger partial charge in [-0.15, -0.1) is 36.9 Å². The number of fused-ring (bicyclic) bond motifs is 1. The van der Waals surface area contributed by atoms with Crippen molar-refractivity contribution in [1.29, 1.82) is 0 Å². The number of rotatable bonds is 9. The summed E-state index contributed by atoms with van der Waals surface area (Å²) < 4.78 is 26.8. The smallest absolute Gasteiger partial charge is 0.257 e. The Morgan fingerprint density at radius 2 is 1.90 bits per heavy atom. The number of thiazole rings is 1. The van der Waals surface area contributed by atoms with Gasteiger partial charge in [-0.1, -0.05) is 19.1 Å². The topological polar surface area (TPSA) is 82.6 Å². The summed E-state index contributed by atoms with van der Waals surface area (Å²) >= 11 is 1.49. The lowest BCUT2D eigenvalue weighted by atomic mass is 10.2. The van der Waals surface area contributed by atoms with E-state index in [-0.39, 0.29) is 36.3 Å². The second-order valence-electron chi connectivity index (χ2n) is 6.89. The van der Waals surface area contributed by atoms with Gasteiger partial charge in [0.25, 0.3) is 5.91 Å². The quantitative estimate of drug-likeness (QED) is 0.552. The zero-order chi connectivity index (χ0) is 21.7. The number of hydrogen-bond acceptors (Lipinski definition) is 6. The molecule has 7 nitrogen and oxygen atoms in total. The zero-order valence-corrected chi connectivity index (χ0v) is 19.9. The maximum atomic E-state index is 12.8. The van der Waals surface area contributed by atoms with E-state index in [0.29, 0.717) is 10.7 Å². The minimum Gasteiger partial charge on any atom is -0.298 e. The molecule has 1 N–H and O–H groups in total. The van der Waals surface area contributed by atoms with Crippen molar-refractivity contribution in [2.45, 2.75) is 24.8 Å². The van der Waals surface area contributed by atoms with Gasteiger partial charge in [0.1, 0.15) is 0 Å². The number of halogens is 1. The van der Waals surface area contributed by atoms with Crippen LogP contribution in [0.25, 0.3) is 0 Å². The molecule has 10 heteroatoms. The van der Waals surface area contributed by atoms with E-state index in [2.05, 4.69) is 35.3 Å². The third kappa shape index (κ3) is 5.81. The lowest BCUT2D eigenvalue weighted by Gasteiger charge is -2.23. The van der Waals surface area contributed by atoms with Crippen LogP contribution in [0.2, 0.25) is 0 Å². The molecule has 1 aromatic carbocycles. The first kappa shape index (κ1) is 25.2. The van der Waals surface area contributed by atoms with E-state index < -0.39 is 10.0 Å². The minimum absolute atomic E-state index is 0. The maximum absolute atomic E-state index is 12.8. The first-order valence-corrected chi connectivity index (χ1v) is 12.0. The molecule has 3 rings (SSSR count). The lowest BCUT2D eigenvalue weighted by Crippen LogP contribution is -2.31. The Balaban J connectivity index is 0.00000341. The number of amides is 1. The van der Waals surface area contributed by atoms with Gasteiger partial charge < -0.3 is 0 Å². The Hall–Kier alpha value is -2.04. The molecule has 1 aliphatic rings. The van der Waals surface area contributed by atoms with Gasteiger partial charge in [-0.2, -0.15) is 4.31 Å². The van der Waals surface area contributed by atoms with Crippen molar-refractivity contribution in [1.82, 2.24) is 14.2 Å². The van der Waals surface area contributed by atoms with Crippen molar-refractivity contribution in [3.8, 4) is 0 Å². The number of benzene rings is 1. The van der Waals surface area contributed by atoms with E-state index >= 15 is 0 Å². The summed E-state index contributed by atoms with van der Waals surface area (Å²) in [6, 6.07) is 5.90. The van der Waals surface area contributed by atoms with Crippen molar-refractivity contribution in [2.24, 2.45) is 0 Å². The van der Waals surface area contributed by atoms with Crippen LogP contribution in [-0.2, 0) is 23.0 Å². The van der Waals surface area contributed by atoms with E-state index in [9.17, 15) is 13.2 Å². The zero-order valence-electron chi connectivity index (χ0n) is 17.4. The van der Waals surface area contributed by atoms with Gasteiger partial charge in [0.05, 0.1) is 10.6 Å². The van der Waals surface area contributed by atoms with Crippen LogP contribution in [-0.4, -0.2) is 54.7 Å². The molecule has 0 atom stereocenters. The summed E-state index contributed by atoms with van der Waals surface area (Å²) in [4.78, 5) is 20.8. The molecular weight excluding hydrogens is 456 g/mol. The SMILES string of the molecule is C=CCN(CC=C)S(=O)(=O)c1ccc(C(=O)Nc2nc3c(s2)CN(CC)CC3)cc1.Cl. The van der Waals surface area contributed by atoms with Crippen LogP contribution in [0.5, 0.6) is 0 Å². The molecule has 0 bridgehead atoms. The molecule has 0 saturated heterocycles. The predicted octanol–water partition coefficient (Wildman–Crippen LogP) is 3.56. The van der Waals surface area contributed by atoms with E-state index in [1.165, 1.54) is 56.9 Å². The second kappa shape index (κ2) is 11.0. The molecule has 0 spiro atoms. The van der Waals surface area contributed by atoms with Crippen LogP contribution in [0.15, 0.2) is 54.5 Å². The highest BCUT2D eigenvalue weighted by Crippen LogP contribution is 2.28. The number of aromatic nitrogens is 1. The Bertz CT molecular complexity index is 1030. The summed E-state index contributed by atoms with van der Waals surface area (Å²) in [7, 11) is -3.69. The molecule has 168 valence electrons. The van der Waals surface area contributed by atoms with E-state index in [4.69, 9.17) is 0 Å². The van der Waals surface area contributed by atoms with Crippen LogP contribution in [0, 0.1) is 0 Å². The summed E-state index contributed by atoms with van der Waals surface area (Å²) in [6.45, 7) is 12.5. The van der Waals surface area contributed by atoms with Crippen molar-refractivity contribution >= 4 is 44.8 Å². The first-order valence-electron chi connectivity index (χ1n) is 9.73. The summed E-state index contributed by atoms with van der Waals surface area (Å²) in [6.07, 6.45) is 3.93. The van der Waals surface area contributed by atoms with Crippen molar-refractivity contribution < 1.29 is 13.2 Å². The average molecular weight is 483 g/mol. The van der Waals surface area contributed by atoms with Gasteiger partial charge >= 0.3 is 0 Å². The van der Waals surface area contributed by atoms with E-state index in [1.807, 2.05) is 0 Å². The summed E-state index contributed by atoms with van der Waals surface area (Å²) in [5.41, 5.74) is 1.42. The number of carbonyl (C=O) groups excluding carboxylic acids is 1. The van der Waals surface area contributed by atoms with E-state index in [0.717, 1.165) is 31.7 Å². The van der Waals surface area contributed by atoms with Gasteiger partial charge in [-0.25, -0.2) is 13.4 Å². The summed E-state index contributed by atoms with van der Waals surface area (Å²) in [5, 5.41) is 3.41. The van der Waals surface area contributed by atoms with Crippen molar-refractivity contribution in [2.75, 3.05) is 31.5 Å². The molecule has 2 aromatic rings. The van der Waals surface area contributed by atoms with Gasteiger partial charge in [-0.3, -0.25) is 15.0 Å². The van der Waals surface area contributed by atoms with Crippen LogP contribution in [0.1, 0.15) is 27.9 Å². The summed E-state index contributed by atoms with van der Waals surface area (Å²) in [5.74, 6) is -0.313. The molecule has 1 amide bonds. The number of anilines is 1. The molecule has 1 aliphatic heterocycles. The third-order valence-electron chi connectivity index (χ3n) is 4.90. The number of hydrogen-bond donors (Lipinski definition) is 1. The normalized spacial score (nSPS) is 13.9. The van der Waals surface area contributed by atoms with Crippen molar-refractivity contribution in [3.05, 3.63) is 65.7 Å². The van der Waals surface area contributed by atoms with Gasteiger partial charge in [-0.05, 0) is 30.8 Å². The number of carbonyl (C=O) groups is 1. The highest BCUT2D eigenvalue weighted by molar-refractivity contribution is 7.89.